The van der Waals surface area contributed by atoms with Gasteiger partial charge < -0.3 is 9.64 Å². The molecule has 0 atom stereocenters. The lowest BCUT2D eigenvalue weighted by Crippen LogP contribution is -2.56. The lowest BCUT2D eigenvalue weighted by Gasteiger charge is -2.45. The number of hydrogen-bond acceptors (Lipinski definition) is 4. The van der Waals surface area contributed by atoms with Crippen LogP contribution in [0, 0.1) is 11.3 Å². The fourth-order valence-corrected chi connectivity index (χ4v) is 3.42. The lowest BCUT2D eigenvalue weighted by molar-refractivity contribution is 0.0360. The molecule has 1 amide bonds. The van der Waals surface area contributed by atoms with E-state index in [1.165, 1.54) is 0 Å². The number of carbonyl (C=O) groups is 1. The molecular weight excluding hydrogens is 326 g/mol. The summed E-state index contributed by atoms with van der Waals surface area (Å²) in [7, 11) is 0. The van der Waals surface area contributed by atoms with Crippen molar-refractivity contribution in [1.29, 1.82) is 5.26 Å². The molecule has 132 valence electrons. The normalized spacial score (nSPS) is 17.7. The summed E-state index contributed by atoms with van der Waals surface area (Å²) in [6, 6.07) is 15.9. The average Bonchev–Trinajstić information content (AvgIpc) is 3.48. The Kier molecular flexibility index (Phi) is 4.34. The largest absolute Gasteiger partial charge is 0.473 e. The first kappa shape index (κ1) is 16.6. The van der Waals surface area contributed by atoms with E-state index in [1.807, 2.05) is 35.2 Å². The Labute approximate surface area is 153 Å². The summed E-state index contributed by atoms with van der Waals surface area (Å²) in [5, 5.41) is 9.62. The lowest BCUT2D eigenvalue weighted by atomic mass is 9.76. The van der Waals surface area contributed by atoms with Crippen LogP contribution >= 0.6 is 0 Å². The first-order valence-corrected chi connectivity index (χ1v) is 9.09. The predicted octanol–water partition coefficient (Wildman–Crippen LogP) is 3.71. The number of pyridine rings is 1. The molecule has 1 aromatic heterocycles. The first-order chi connectivity index (χ1) is 12.7. The van der Waals surface area contributed by atoms with Gasteiger partial charge in [0.15, 0.2) is 0 Å². The van der Waals surface area contributed by atoms with Gasteiger partial charge in [-0.25, -0.2) is 4.98 Å². The minimum Gasteiger partial charge on any atom is -0.473 e. The molecule has 0 bridgehead atoms. The summed E-state index contributed by atoms with van der Waals surface area (Å²) >= 11 is 0. The number of hydrogen-bond donors (Lipinski definition) is 0. The molecule has 0 spiro atoms. The molecule has 26 heavy (non-hydrogen) atoms. The van der Waals surface area contributed by atoms with E-state index in [9.17, 15) is 10.1 Å². The predicted molar refractivity (Wildman–Crippen MR) is 96.4 cm³/mol. The number of nitrogens with zero attached hydrogens (tertiary/aromatic N) is 3. The fraction of sp³-hybridized carbons (Fsp3) is 0.381. The van der Waals surface area contributed by atoms with Crippen LogP contribution in [0.4, 0.5) is 0 Å². The molecule has 2 aliphatic carbocycles. The van der Waals surface area contributed by atoms with Gasteiger partial charge in [-0.05, 0) is 43.7 Å². The van der Waals surface area contributed by atoms with Gasteiger partial charge in [-0.15, -0.1) is 0 Å². The molecule has 4 rings (SSSR count). The molecule has 1 aromatic carbocycles. The molecule has 0 radical (unpaired) electrons. The van der Waals surface area contributed by atoms with Crippen LogP contribution in [0.2, 0.25) is 0 Å². The molecule has 2 aliphatic rings. The quantitative estimate of drug-likeness (QED) is 0.799. The molecule has 0 saturated heterocycles. The zero-order valence-corrected chi connectivity index (χ0v) is 14.6. The Morgan fingerprint density at radius 3 is 2.54 bits per heavy atom. The standard InChI is InChI=1S/C21H21N3O2/c22-15-21(11-4-12-21)24(18-8-9-18)20(25)17-7-10-19(23-13-17)26-14-16-5-2-1-3-6-16/h1-3,5-7,10,13,18H,4,8-9,11-12,14H2. The summed E-state index contributed by atoms with van der Waals surface area (Å²) in [5.74, 6) is 0.401. The second-order valence-electron chi connectivity index (χ2n) is 7.06. The topological polar surface area (TPSA) is 66.2 Å². The van der Waals surface area contributed by atoms with Crippen LogP contribution in [-0.4, -0.2) is 27.4 Å². The molecular formula is C21H21N3O2. The van der Waals surface area contributed by atoms with Gasteiger partial charge in [0, 0.05) is 18.3 Å². The summed E-state index contributed by atoms with van der Waals surface area (Å²) in [6.07, 6.45) is 6.09. The van der Waals surface area contributed by atoms with Crippen LogP contribution < -0.4 is 4.74 Å². The maximum Gasteiger partial charge on any atom is 0.256 e. The van der Waals surface area contributed by atoms with Gasteiger partial charge in [-0.2, -0.15) is 5.26 Å². The monoisotopic (exact) mass is 347 g/mol. The van der Waals surface area contributed by atoms with Crippen molar-refractivity contribution in [1.82, 2.24) is 9.88 Å². The van der Waals surface area contributed by atoms with Gasteiger partial charge in [0.05, 0.1) is 11.6 Å². The van der Waals surface area contributed by atoms with Crippen molar-refractivity contribution in [3.63, 3.8) is 0 Å². The highest BCUT2D eigenvalue weighted by molar-refractivity contribution is 5.95. The highest BCUT2D eigenvalue weighted by atomic mass is 16.5. The van der Waals surface area contributed by atoms with Crippen molar-refractivity contribution in [2.45, 2.75) is 50.3 Å². The minimum atomic E-state index is -0.610. The number of benzene rings is 1. The zero-order chi connectivity index (χ0) is 18.0. The van der Waals surface area contributed by atoms with Gasteiger partial charge in [-0.3, -0.25) is 4.79 Å². The SMILES string of the molecule is N#CC1(N(C(=O)c2ccc(OCc3ccccc3)nc2)C2CC2)CCC1. The summed E-state index contributed by atoms with van der Waals surface area (Å²) in [5.41, 5.74) is 0.974. The Hall–Kier alpha value is -2.87. The minimum absolute atomic E-state index is 0.0872. The molecule has 1 heterocycles. The molecule has 2 saturated carbocycles. The number of rotatable bonds is 6. The summed E-state index contributed by atoms with van der Waals surface area (Å²) in [4.78, 5) is 19.1. The maximum atomic E-state index is 13.0. The number of aromatic nitrogens is 1. The van der Waals surface area contributed by atoms with E-state index >= 15 is 0 Å². The van der Waals surface area contributed by atoms with Gasteiger partial charge >= 0.3 is 0 Å². The Morgan fingerprint density at radius 2 is 2.00 bits per heavy atom. The van der Waals surface area contributed by atoms with Crippen molar-refractivity contribution >= 4 is 5.91 Å². The highest BCUT2D eigenvalue weighted by Gasteiger charge is 2.51. The van der Waals surface area contributed by atoms with Crippen molar-refractivity contribution in [2.24, 2.45) is 0 Å². The van der Waals surface area contributed by atoms with E-state index in [0.29, 0.717) is 18.1 Å². The smallest absolute Gasteiger partial charge is 0.256 e. The van der Waals surface area contributed by atoms with Crippen LogP contribution in [0.3, 0.4) is 0 Å². The van der Waals surface area contributed by atoms with Gasteiger partial charge in [0.2, 0.25) is 5.88 Å². The summed E-state index contributed by atoms with van der Waals surface area (Å²) in [6.45, 7) is 0.437. The van der Waals surface area contributed by atoms with E-state index < -0.39 is 5.54 Å². The Bertz CT molecular complexity index is 819. The van der Waals surface area contributed by atoms with Gasteiger partial charge in [0.1, 0.15) is 12.1 Å². The van der Waals surface area contributed by atoms with Crippen LogP contribution in [-0.2, 0) is 6.61 Å². The summed E-state index contributed by atoms with van der Waals surface area (Å²) < 4.78 is 5.68. The van der Waals surface area contributed by atoms with E-state index in [1.54, 1.807) is 18.3 Å². The van der Waals surface area contributed by atoms with E-state index in [-0.39, 0.29) is 11.9 Å². The van der Waals surface area contributed by atoms with Crippen molar-refractivity contribution in [3.05, 3.63) is 59.8 Å². The van der Waals surface area contributed by atoms with Crippen molar-refractivity contribution in [3.8, 4) is 11.9 Å². The number of amides is 1. The Balaban J connectivity index is 1.45. The third-order valence-corrected chi connectivity index (χ3v) is 5.19. The van der Waals surface area contributed by atoms with Gasteiger partial charge in [0.25, 0.3) is 5.91 Å². The molecule has 2 aromatic rings. The average molecular weight is 347 g/mol. The molecule has 5 heteroatoms. The second kappa shape index (κ2) is 6.80. The number of nitriles is 1. The number of carbonyl (C=O) groups excluding carboxylic acids is 1. The van der Waals surface area contributed by atoms with E-state index in [4.69, 9.17) is 4.74 Å². The Morgan fingerprint density at radius 1 is 1.23 bits per heavy atom. The van der Waals surface area contributed by atoms with E-state index in [2.05, 4.69) is 11.1 Å². The molecule has 0 N–H and O–H groups in total. The van der Waals surface area contributed by atoms with Crippen LogP contribution in [0.25, 0.3) is 0 Å². The van der Waals surface area contributed by atoms with Crippen molar-refractivity contribution < 1.29 is 9.53 Å². The molecule has 5 nitrogen and oxygen atoms in total. The first-order valence-electron chi connectivity index (χ1n) is 9.09. The molecule has 0 unspecified atom stereocenters. The van der Waals surface area contributed by atoms with E-state index in [0.717, 1.165) is 37.7 Å². The zero-order valence-electron chi connectivity index (χ0n) is 14.6. The van der Waals surface area contributed by atoms with Crippen LogP contribution in [0.15, 0.2) is 48.7 Å². The second-order valence-corrected chi connectivity index (χ2v) is 7.06. The maximum absolute atomic E-state index is 13.0. The third kappa shape index (κ3) is 3.15. The molecule has 0 aliphatic heterocycles. The fourth-order valence-electron chi connectivity index (χ4n) is 3.42. The van der Waals surface area contributed by atoms with Crippen molar-refractivity contribution in [2.75, 3.05) is 0 Å². The number of ether oxygens (including phenoxy) is 1. The van der Waals surface area contributed by atoms with Crippen LogP contribution in [0.5, 0.6) is 5.88 Å². The van der Waals surface area contributed by atoms with Gasteiger partial charge in [-0.1, -0.05) is 30.3 Å². The molecule has 2 fully saturated rings. The van der Waals surface area contributed by atoms with Crippen LogP contribution in [0.1, 0.15) is 48.0 Å². The highest BCUT2D eigenvalue weighted by Crippen LogP contribution is 2.44. The third-order valence-electron chi connectivity index (χ3n) is 5.19.